The lowest BCUT2D eigenvalue weighted by atomic mass is 10.1. The van der Waals surface area contributed by atoms with Gasteiger partial charge in [0.1, 0.15) is 12.4 Å². The zero-order valence-corrected chi connectivity index (χ0v) is 15.4. The van der Waals surface area contributed by atoms with E-state index in [2.05, 4.69) is 10.2 Å². The third-order valence-electron chi connectivity index (χ3n) is 4.77. The van der Waals surface area contributed by atoms with E-state index in [4.69, 9.17) is 16.3 Å². The fraction of sp³-hybridized carbons (Fsp3) is 0.647. The van der Waals surface area contributed by atoms with Gasteiger partial charge in [-0.3, -0.25) is 4.90 Å². The fourth-order valence-corrected chi connectivity index (χ4v) is 5.69. The molecule has 2 saturated heterocycles. The highest BCUT2D eigenvalue weighted by molar-refractivity contribution is 7.91. The highest BCUT2D eigenvalue weighted by Crippen LogP contribution is 2.22. The van der Waals surface area contributed by atoms with Crippen molar-refractivity contribution in [3.05, 3.63) is 29.3 Å². The summed E-state index contributed by atoms with van der Waals surface area (Å²) in [7, 11) is -2.95. The lowest BCUT2D eigenvalue weighted by Crippen LogP contribution is -2.51. The van der Waals surface area contributed by atoms with Crippen molar-refractivity contribution in [2.24, 2.45) is 0 Å². The number of nitrogens with zero attached hydrogens (tertiary/aromatic N) is 1. The van der Waals surface area contributed by atoms with E-state index in [0.717, 1.165) is 18.8 Å². The van der Waals surface area contributed by atoms with Crippen LogP contribution in [0.1, 0.15) is 19.3 Å². The molecule has 2 fully saturated rings. The molecule has 0 radical (unpaired) electrons. The van der Waals surface area contributed by atoms with E-state index in [9.17, 15) is 8.42 Å². The zero-order valence-electron chi connectivity index (χ0n) is 13.8. The highest BCUT2D eigenvalue weighted by Gasteiger charge is 2.40. The second-order valence-electron chi connectivity index (χ2n) is 6.60. The van der Waals surface area contributed by atoms with E-state index in [1.165, 1.54) is 19.3 Å². The summed E-state index contributed by atoms with van der Waals surface area (Å²) in [5.74, 6) is 1.28. The number of likely N-dealkylation sites (tertiary alicyclic amines) is 1. The third-order valence-corrected chi connectivity index (χ3v) is 6.74. The largest absolute Gasteiger partial charge is 0.492 e. The molecule has 2 atom stereocenters. The van der Waals surface area contributed by atoms with Crippen molar-refractivity contribution in [1.29, 1.82) is 0 Å². The van der Waals surface area contributed by atoms with E-state index in [-0.39, 0.29) is 23.6 Å². The van der Waals surface area contributed by atoms with Gasteiger partial charge in [-0.05, 0) is 50.2 Å². The average molecular weight is 373 g/mol. The molecular formula is C17H25ClN2O3S. The molecule has 1 aromatic rings. The first-order valence-electron chi connectivity index (χ1n) is 8.60. The number of sulfone groups is 1. The van der Waals surface area contributed by atoms with Crippen LogP contribution < -0.4 is 10.1 Å². The Morgan fingerprint density at radius 3 is 2.54 bits per heavy atom. The van der Waals surface area contributed by atoms with Crippen LogP contribution in [0.25, 0.3) is 0 Å². The van der Waals surface area contributed by atoms with Crippen LogP contribution >= 0.6 is 11.6 Å². The van der Waals surface area contributed by atoms with Gasteiger partial charge in [0, 0.05) is 23.7 Å². The van der Waals surface area contributed by atoms with E-state index in [1.807, 2.05) is 12.1 Å². The number of rotatable bonds is 6. The maximum absolute atomic E-state index is 12.1. The maximum Gasteiger partial charge on any atom is 0.153 e. The summed E-state index contributed by atoms with van der Waals surface area (Å²) < 4.78 is 29.8. The first-order valence-corrected chi connectivity index (χ1v) is 10.8. The quantitative estimate of drug-likeness (QED) is 0.773. The summed E-state index contributed by atoms with van der Waals surface area (Å²) in [6, 6.07) is 7.35. The molecule has 0 aliphatic carbocycles. The predicted molar refractivity (Wildman–Crippen MR) is 96.6 cm³/mol. The standard InChI is InChI=1S/C17H25ClN2O3S/c18-14-4-6-15(7-5-14)23-11-8-19-16-12-24(21,22)13-17(16)20-9-2-1-3-10-20/h4-7,16-17,19H,1-3,8-13H2. The minimum atomic E-state index is -2.95. The normalized spacial score (nSPS) is 27.2. The summed E-state index contributed by atoms with van der Waals surface area (Å²) in [5, 5.41) is 4.08. The van der Waals surface area contributed by atoms with Crippen LogP contribution in [0, 0.1) is 0 Å². The average Bonchev–Trinajstić information content (AvgIpc) is 2.89. The smallest absolute Gasteiger partial charge is 0.153 e. The Hall–Kier alpha value is -0.820. The third kappa shape index (κ3) is 4.85. The molecule has 2 heterocycles. The van der Waals surface area contributed by atoms with Crippen molar-refractivity contribution in [1.82, 2.24) is 10.2 Å². The van der Waals surface area contributed by atoms with E-state index in [0.29, 0.717) is 18.2 Å². The molecule has 0 bridgehead atoms. The van der Waals surface area contributed by atoms with Crippen LogP contribution in [0.3, 0.4) is 0 Å². The van der Waals surface area contributed by atoms with Gasteiger partial charge in [0.05, 0.1) is 11.5 Å². The first-order chi connectivity index (χ1) is 11.5. The molecule has 1 aromatic carbocycles. The summed E-state index contributed by atoms with van der Waals surface area (Å²) >= 11 is 5.85. The Bertz CT molecular complexity index is 630. The molecule has 0 aromatic heterocycles. The van der Waals surface area contributed by atoms with Gasteiger partial charge < -0.3 is 10.1 Å². The van der Waals surface area contributed by atoms with E-state index in [1.54, 1.807) is 12.1 Å². The van der Waals surface area contributed by atoms with Gasteiger partial charge in [-0.25, -0.2) is 8.42 Å². The van der Waals surface area contributed by atoms with Crippen LogP contribution in [0.5, 0.6) is 5.75 Å². The molecule has 24 heavy (non-hydrogen) atoms. The topological polar surface area (TPSA) is 58.6 Å². The maximum atomic E-state index is 12.1. The van der Waals surface area contributed by atoms with Crippen molar-refractivity contribution in [2.45, 2.75) is 31.3 Å². The Labute approximate surface area is 149 Å². The summed E-state index contributed by atoms with van der Waals surface area (Å²) in [4.78, 5) is 2.35. The van der Waals surface area contributed by atoms with Crippen LogP contribution in [-0.4, -0.2) is 63.1 Å². The molecule has 0 spiro atoms. The molecule has 0 amide bonds. The number of benzene rings is 1. The van der Waals surface area contributed by atoms with Crippen LogP contribution in [0.4, 0.5) is 0 Å². The molecule has 2 unspecified atom stereocenters. The van der Waals surface area contributed by atoms with Gasteiger partial charge >= 0.3 is 0 Å². The number of ether oxygens (including phenoxy) is 1. The highest BCUT2D eigenvalue weighted by atomic mass is 35.5. The Morgan fingerprint density at radius 1 is 1.12 bits per heavy atom. The minimum Gasteiger partial charge on any atom is -0.492 e. The minimum absolute atomic E-state index is 0.00178. The number of halogens is 1. The predicted octanol–water partition coefficient (Wildman–Crippen LogP) is 1.96. The fourth-order valence-electron chi connectivity index (χ4n) is 3.58. The van der Waals surface area contributed by atoms with Crippen LogP contribution in [-0.2, 0) is 9.84 Å². The molecule has 2 aliphatic heterocycles. The van der Waals surface area contributed by atoms with Gasteiger partial charge in [0.25, 0.3) is 0 Å². The van der Waals surface area contributed by atoms with Gasteiger partial charge in [-0.2, -0.15) is 0 Å². The molecule has 5 nitrogen and oxygen atoms in total. The number of hydrogen-bond donors (Lipinski definition) is 1. The molecule has 7 heteroatoms. The van der Waals surface area contributed by atoms with E-state index < -0.39 is 9.84 Å². The van der Waals surface area contributed by atoms with Crippen molar-refractivity contribution in [2.75, 3.05) is 37.7 Å². The Balaban J connectivity index is 1.49. The summed E-state index contributed by atoms with van der Waals surface area (Å²) in [6.45, 7) is 3.16. The van der Waals surface area contributed by atoms with Crippen LogP contribution in [0.15, 0.2) is 24.3 Å². The van der Waals surface area contributed by atoms with Crippen molar-refractivity contribution in [3.8, 4) is 5.75 Å². The Morgan fingerprint density at radius 2 is 1.83 bits per heavy atom. The second-order valence-corrected chi connectivity index (χ2v) is 9.19. The van der Waals surface area contributed by atoms with Gasteiger partial charge in [0.15, 0.2) is 9.84 Å². The SMILES string of the molecule is O=S1(=O)CC(NCCOc2ccc(Cl)cc2)C(N2CCCCC2)C1. The summed E-state index contributed by atoms with van der Waals surface area (Å²) in [5.41, 5.74) is 0. The molecule has 2 aliphatic rings. The number of piperidine rings is 1. The lowest BCUT2D eigenvalue weighted by molar-refractivity contribution is 0.153. The van der Waals surface area contributed by atoms with Gasteiger partial charge in [-0.15, -0.1) is 0 Å². The molecule has 1 N–H and O–H groups in total. The zero-order chi connectivity index (χ0) is 17.0. The van der Waals surface area contributed by atoms with Gasteiger partial charge in [0.2, 0.25) is 0 Å². The van der Waals surface area contributed by atoms with Crippen LogP contribution in [0.2, 0.25) is 5.02 Å². The monoisotopic (exact) mass is 372 g/mol. The summed E-state index contributed by atoms with van der Waals surface area (Å²) in [6.07, 6.45) is 3.59. The van der Waals surface area contributed by atoms with Gasteiger partial charge in [-0.1, -0.05) is 18.0 Å². The molecule has 134 valence electrons. The lowest BCUT2D eigenvalue weighted by Gasteiger charge is -2.35. The first kappa shape index (κ1) is 18.0. The number of hydrogen-bond acceptors (Lipinski definition) is 5. The molecular weight excluding hydrogens is 348 g/mol. The van der Waals surface area contributed by atoms with Crippen molar-refractivity contribution in [3.63, 3.8) is 0 Å². The molecule has 0 saturated carbocycles. The second kappa shape index (κ2) is 8.04. The number of nitrogens with one attached hydrogen (secondary N) is 1. The Kier molecular flexibility index (Phi) is 6.02. The molecule has 3 rings (SSSR count). The van der Waals surface area contributed by atoms with Crippen molar-refractivity contribution >= 4 is 21.4 Å². The van der Waals surface area contributed by atoms with E-state index >= 15 is 0 Å². The van der Waals surface area contributed by atoms with Crippen molar-refractivity contribution < 1.29 is 13.2 Å².